The van der Waals surface area contributed by atoms with E-state index in [0.717, 1.165) is 86.9 Å². The molecule has 0 amide bonds. The van der Waals surface area contributed by atoms with Crippen molar-refractivity contribution in [1.82, 2.24) is 24.9 Å². The zero-order valence-corrected chi connectivity index (χ0v) is 30.6. The average Bonchev–Trinajstić information content (AvgIpc) is 3.86. The minimum absolute atomic E-state index is 0.569. The molecule has 0 N–H and O–H groups in total. The molecule has 4 aromatic heterocycles. The number of para-hydroxylation sites is 1. The monoisotopic (exact) mass is 735 g/mol. The second kappa shape index (κ2) is 13.2. The second-order valence-electron chi connectivity index (χ2n) is 13.6. The van der Waals surface area contributed by atoms with Crippen LogP contribution in [0.25, 0.3) is 110 Å². The first-order valence-corrected chi connectivity index (χ1v) is 19.2. The maximum absolute atomic E-state index is 6.83. The van der Waals surface area contributed by atoms with Crippen molar-refractivity contribution in [2.45, 2.75) is 0 Å². The van der Waals surface area contributed by atoms with Crippen LogP contribution in [0, 0.1) is 0 Å². The lowest BCUT2D eigenvalue weighted by Crippen LogP contribution is -2.00. The van der Waals surface area contributed by atoms with Crippen LogP contribution in [0.2, 0.25) is 0 Å². The van der Waals surface area contributed by atoms with Gasteiger partial charge in [0, 0.05) is 48.7 Å². The third kappa shape index (κ3) is 5.44. The van der Waals surface area contributed by atoms with Crippen LogP contribution in [0.3, 0.4) is 0 Å². The minimum atomic E-state index is 0.569. The molecule has 56 heavy (non-hydrogen) atoms. The molecular formula is C49H29N5OS. The highest BCUT2D eigenvalue weighted by atomic mass is 32.1. The zero-order valence-electron chi connectivity index (χ0n) is 29.8. The van der Waals surface area contributed by atoms with Gasteiger partial charge in [0.2, 0.25) is 0 Å². The van der Waals surface area contributed by atoms with E-state index in [1.165, 1.54) is 0 Å². The molecule has 0 radical (unpaired) electrons. The number of hydrogen-bond donors (Lipinski definition) is 0. The molecule has 4 heterocycles. The number of hydrogen-bond acceptors (Lipinski definition) is 7. The molecule has 0 fully saturated rings. The quantitative estimate of drug-likeness (QED) is 0.169. The summed E-state index contributed by atoms with van der Waals surface area (Å²) in [6.45, 7) is 0. The van der Waals surface area contributed by atoms with Gasteiger partial charge in [-0.3, -0.25) is 0 Å². The summed E-state index contributed by atoms with van der Waals surface area (Å²) < 4.78 is 9.01. The fraction of sp³-hybridized carbons (Fsp3) is 0. The lowest BCUT2D eigenvalue weighted by atomic mass is 10.0. The third-order valence-electron chi connectivity index (χ3n) is 10.2. The summed E-state index contributed by atoms with van der Waals surface area (Å²) in [4.78, 5) is 25.7. The molecule has 7 heteroatoms. The normalized spacial score (nSPS) is 11.6. The summed E-state index contributed by atoms with van der Waals surface area (Å²) >= 11 is 1.71. The summed E-state index contributed by atoms with van der Waals surface area (Å²) in [6.07, 6.45) is 0. The number of aromatic nitrogens is 5. The van der Waals surface area contributed by atoms with Crippen molar-refractivity contribution in [3.63, 3.8) is 0 Å². The van der Waals surface area contributed by atoms with Gasteiger partial charge in [-0.2, -0.15) is 0 Å². The van der Waals surface area contributed by atoms with Crippen molar-refractivity contribution < 1.29 is 4.42 Å². The van der Waals surface area contributed by atoms with E-state index >= 15 is 0 Å². The number of fused-ring (bicyclic) bond motifs is 6. The van der Waals surface area contributed by atoms with Gasteiger partial charge >= 0.3 is 0 Å². The standard InChI is InChI=1S/C49H29N5OS/c1-4-14-30(15-5-1)31-26-28-34(29-27-31)48-52-47(33-18-8-3-9-19-33)53-49(54-48)37-22-13-24-39-41(37)36-21-12-23-38(44(36)55-39)43-45-42(35-20-10-11-25-40(35)56-45)50-46(51-43)32-16-6-2-7-17-32/h1-29H. The van der Waals surface area contributed by atoms with Crippen molar-refractivity contribution in [1.29, 1.82) is 0 Å². The largest absolute Gasteiger partial charge is 0.455 e. The molecule has 262 valence electrons. The Bertz CT molecular complexity index is 3230. The summed E-state index contributed by atoms with van der Waals surface area (Å²) in [5.41, 5.74) is 10.1. The second-order valence-corrected chi connectivity index (χ2v) is 14.7. The SMILES string of the molecule is c1ccc(-c2ccc(-c3nc(-c4ccccc4)nc(-c4cccc5oc6c(-c7nc(-c8ccccc8)nc8c7sc7ccccc78)cccc6c45)n3)cc2)cc1. The van der Waals surface area contributed by atoms with Crippen molar-refractivity contribution in [2.75, 3.05) is 0 Å². The van der Waals surface area contributed by atoms with Crippen LogP contribution in [0.1, 0.15) is 0 Å². The highest BCUT2D eigenvalue weighted by molar-refractivity contribution is 7.26. The molecule has 0 aliphatic carbocycles. The van der Waals surface area contributed by atoms with E-state index in [-0.39, 0.29) is 0 Å². The number of rotatable bonds is 6. The van der Waals surface area contributed by atoms with Gasteiger partial charge in [-0.05, 0) is 29.3 Å². The molecule has 11 aromatic rings. The average molecular weight is 736 g/mol. The molecule has 6 nitrogen and oxygen atoms in total. The molecule has 0 saturated carbocycles. The maximum Gasteiger partial charge on any atom is 0.164 e. The van der Waals surface area contributed by atoms with Gasteiger partial charge in [0.25, 0.3) is 0 Å². The first kappa shape index (κ1) is 32.1. The Labute approximate surface area is 325 Å². The minimum Gasteiger partial charge on any atom is -0.455 e. The van der Waals surface area contributed by atoms with E-state index in [0.29, 0.717) is 23.3 Å². The van der Waals surface area contributed by atoms with E-state index in [2.05, 4.69) is 109 Å². The van der Waals surface area contributed by atoms with E-state index in [4.69, 9.17) is 29.3 Å². The van der Waals surface area contributed by atoms with Crippen molar-refractivity contribution in [3.05, 3.63) is 176 Å². The Kier molecular flexibility index (Phi) is 7.57. The Morgan fingerprint density at radius 3 is 1.61 bits per heavy atom. The van der Waals surface area contributed by atoms with Gasteiger partial charge in [0.05, 0.1) is 15.9 Å². The third-order valence-corrected chi connectivity index (χ3v) is 11.4. The topological polar surface area (TPSA) is 77.6 Å². The number of thiophene rings is 1. The van der Waals surface area contributed by atoms with E-state index in [1.54, 1.807) is 11.3 Å². The van der Waals surface area contributed by atoms with Crippen LogP contribution in [0.5, 0.6) is 0 Å². The van der Waals surface area contributed by atoms with Gasteiger partial charge in [0.1, 0.15) is 11.2 Å². The Balaban J connectivity index is 1.12. The number of benzene rings is 7. The van der Waals surface area contributed by atoms with Crippen LogP contribution in [-0.4, -0.2) is 24.9 Å². The van der Waals surface area contributed by atoms with Crippen molar-refractivity contribution in [2.24, 2.45) is 0 Å². The smallest absolute Gasteiger partial charge is 0.164 e. The first-order chi connectivity index (χ1) is 27.7. The van der Waals surface area contributed by atoms with Crippen LogP contribution in [0.4, 0.5) is 0 Å². The molecule has 0 aliphatic rings. The lowest BCUT2D eigenvalue weighted by molar-refractivity contribution is 0.670. The summed E-state index contributed by atoms with van der Waals surface area (Å²) in [5.74, 6) is 2.44. The van der Waals surface area contributed by atoms with Crippen molar-refractivity contribution in [3.8, 4) is 67.9 Å². The number of furan rings is 1. The highest BCUT2D eigenvalue weighted by Crippen LogP contribution is 2.44. The molecule has 0 saturated heterocycles. The van der Waals surface area contributed by atoms with E-state index in [9.17, 15) is 0 Å². The van der Waals surface area contributed by atoms with Gasteiger partial charge in [-0.15, -0.1) is 11.3 Å². The van der Waals surface area contributed by atoms with Crippen LogP contribution in [-0.2, 0) is 0 Å². The van der Waals surface area contributed by atoms with E-state index < -0.39 is 0 Å². The zero-order chi connectivity index (χ0) is 37.0. The summed E-state index contributed by atoms with van der Waals surface area (Å²) in [5, 5.41) is 3.00. The van der Waals surface area contributed by atoms with Gasteiger partial charge in [0.15, 0.2) is 23.3 Å². The first-order valence-electron chi connectivity index (χ1n) is 18.4. The van der Waals surface area contributed by atoms with Gasteiger partial charge in [-0.25, -0.2) is 24.9 Å². The predicted molar refractivity (Wildman–Crippen MR) is 228 cm³/mol. The highest BCUT2D eigenvalue weighted by Gasteiger charge is 2.23. The molecule has 0 spiro atoms. The number of nitrogens with zero attached hydrogens (tertiary/aromatic N) is 5. The molecule has 0 aliphatic heterocycles. The van der Waals surface area contributed by atoms with Gasteiger partial charge < -0.3 is 4.42 Å². The molecule has 0 atom stereocenters. The molecule has 11 rings (SSSR count). The van der Waals surface area contributed by atoms with Crippen LogP contribution >= 0.6 is 11.3 Å². The Morgan fingerprint density at radius 2 is 0.893 bits per heavy atom. The van der Waals surface area contributed by atoms with Crippen LogP contribution in [0.15, 0.2) is 180 Å². The lowest BCUT2D eigenvalue weighted by Gasteiger charge is -2.10. The Hall–Kier alpha value is -7.35. The molecule has 7 aromatic carbocycles. The summed E-state index contributed by atoms with van der Waals surface area (Å²) in [6, 6.07) is 59.8. The molecular weight excluding hydrogens is 707 g/mol. The Morgan fingerprint density at radius 1 is 0.375 bits per heavy atom. The fourth-order valence-electron chi connectivity index (χ4n) is 7.49. The fourth-order valence-corrected chi connectivity index (χ4v) is 8.64. The molecule has 0 bridgehead atoms. The predicted octanol–water partition coefficient (Wildman–Crippen LogP) is 12.9. The van der Waals surface area contributed by atoms with E-state index in [1.807, 2.05) is 66.7 Å². The van der Waals surface area contributed by atoms with Gasteiger partial charge in [-0.1, -0.05) is 158 Å². The molecule has 0 unspecified atom stereocenters. The van der Waals surface area contributed by atoms with Crippen molar-refractivity contribution >= 4 is 53.6 Å². The maximum atomic E-state index is 6.83. The summed E-state index contributed by atoms with van der Waals surface area (Å²) in [7, 11) is 0. The van der Waals surface area contributed by atoms with Crippen LogP contribution < -0.4 is 0 Å².